The predicted molar refractivity (Wildman–Crippen MR) is 91.7 cm³/mol. The van der Waals surface area contributed by atoms with Gasteiger partial charge in [-0.3, -0.25) is 4.90 Å². The Hall–Kier alpha value is -1.26. The molecule has 22 heavy (non-hydrogen) atoms. The zero-order valence-electron chi connectivity index (χ0n) is 13.5. The first-order valence-electron chi connectivity index (χ1n) is 8.77. The van der Waals surface area contributed by atoms with Crippen LogP contribution >= 0.6 is 0 Å². The molecule has 0 radical (unpaired) electrons. The van der Waals surface area contributed by atoms with Gasteiger partial charge in [-0.1, -0.05) is 0 Å². The van der Waals surface area contributed by atoms with Gasteiger partial charge in [0, 0.05) is 31.4 Å². The Labute approximate surface area is 134 Å². The Kier molecular flexibility index (Phi) is 5.57. The van der Waals surface area contributed by atoms with Gasteiger partial charge in [0.15, 0.2) is 0 Å². The van der Waals surface area contributed by atoms with E-state index >= 15 is 0 Å². The summed E-state index contributed by atoms with van der Waals surface area (Å²) in [5.74, 6) is 0.981. The molecule has 2 fully saturated rings. The average molecular weight is 303 g/mol. The van der Waals surface area contributed by atoms with Crippen molar-refractivity contribution in [2.24, 2.45) is 5.73 Å². The van der Waals surface area contributed by atoms with E-state index in [4.69, 9.17) is 10.5 Å². The molecule has 0 bridgehead atoms. The Morgan fingerprint density at radius 3 is 2.32 bits per heavy atom. The number of piperidine rings is 2. The summed E-state index contributed by atoms with van der Waals surface area (Å²) in [6.45, 7) is 6.37. The lowest BCUT2D eigenvalue weighted by Gasteiger charge is -2.30. The average Bonchev–Trinajstić information content (AvgIpc) is 2.58. The molecule has 2 aliphatic rings. The van der Waals surface area contributed by atoms with Crippen molar-refractivity contribution >= 4 is 5.69 Å². The van der Waals surface area contributed by atoms with Crippen LogP contribution in [0, 0.1) is 0 Å². The summed E-state index contributed by atoms with van der Waals surface area (Å²) in [4.78, 5) is 4.93. The third-order valence-corrected chi connectivity index (χ3v) is 4.87. The lowest BCUT2D eigenvalue weighted by atomic mass is 10.1. The molecule has 0 saturated carbocycles. The monoisotopic (exact) mass is 303 g/mol. The first-order chi connectivity index (χ1) is 10.8. The number of nitrogens with two attached hydrogens (primary N) is 1. The molecule has 0 atom stereocenters. The molecule has 0 aliphatic carbocycles. The van der Waals surface area contributed by atoms with Crippen LogP contribution in [0.3, 0.4) is 0 Å². The number of rotatable bonds is 5. The van der Waals surface area contributed by atoms with Gasteiger partial charge in [-0.25, -0.2) is 0 Å². The summed E-state index contributed by atoms with van der Waals surface area (Å²) in [6.07, 6.45) is 6.24. The van der Waals surface area contributed by atoms with Crippen LogP contribution in [0.2, 0.25) is 0 Å². The summed E-state index contributed by atoms with van der Waals surface area (Å²) < 4.78 is 5.89. The fourth-order valence-electron chi connectivity index (χ4n) is 3.37. The first kappa shape index (κ1) is 15.6. The number of anilines is 1. The first-order valence-corrected chi connectivity index (χ1v) is 8.77. The molecule has 0 aromatic heterocycles. The number of hydrogen-bond donors (Lipinski definition) is 1. The van der Waals surface area contributed by atoms with E-state index in [9.17, 15) is 0 Å². The topological polar surface area (TPSA) is 41.7 Å². The molecule has 0 amide bonds. The largest absolute Gasteiger partial charge is 0.492 e. The highest BCUT2D eigenvalue weighted by molar-refractivity contribution is 5.49. The third kappa shape index (κ3) is 4.37. The van der Waals surface area contributed by atoms with Crippen LogP contribution in [-0.4, -0.2) is 50.3 Å². The van der Waals surface area contributed by atoms with Crippen LogP contribution in [0.25, 0.3) is 0 Å². The van der Waals surface area contributed by atoms with Crippen molar-refractivity contribution in [2.45, 2.75) is 38.1 Å². The normalized spacial score (nSPS) is 21.0. The number of benzene rings is 1. The second-order valence-corrected chi connectivity index (χ2v) is 6.57. The fourth-order valence-corrected chi connectivity index (χ4v) is 3.37. The molecule has 1 aromatic carbocycles. The second-order valence-electron chi connectivity index (χ2n) is 6.57. The summed E-state index contributed by atoms with van der Waals surface area (Å²) in [7, 11) is 0. The Bertz CT molecular complexity index is 434. The number of ether oxygens (including phenoxy) is 1. The summed E-state index contributed by atoms with van der Waals surface area (Å²) >= 11 is 0. The third-order valence-electron chi connectivity index (χ3n) is 4.87. The van der Waals surface area contributed by atoms with E-state index < -0.39 is 0 Å². The Morgan fingerprint density at radius 2 is 1.64 bits per heavy atom. The van der Waals surface area contributed by atoms with Crippen LogP contribution in [0.1, 0.15) is 32.1 Å². The molecular formula is C18H29N3O. The molecule has 2 saturated heterocycles. The van der Waals surface area contributed by atoms with Crippen molar-refractivity contribution in [2.75, 3.05) is 44.2 Å². The predicted octanol–water partition coefficient (Wildman–Crippen LogP) is 2.48. The zero-order valence-corrected chi connectivity index (χ0v) is 13.5. The van der Waals surface area contributed by atoms with Gasteiger partial charge in [-0.05, 0) is 69.5 Å². The molecule has 3 rings (SSSR count). The van der Waals surface area contributed by atoms with Crippen molar-refractivity contribution in [1.82, 2.24) is 4.90 Å². The van der Waals surface area contributed by atoms with Gasteiger partial charge in [0.05, 0.1) is 0 Å². The smallest absolute Gasteiger partial charge is 0.119 e. The molecule has 0 spiro atoms. The fraction of sp³-hybridized carbons (Fsp3) is 0.667. The Morgan fingerprint density at radius 1 is 0.955 bits per heavy atom. The number of likely N-dealkylation sites (tertiary alicyclic amines) is 1. The van der Waals surface area contributed by atoms with Crippen molar-refractivity contribution in [3.8, 4) is 5.75 Å². The molecule has 4 heteroatoms. The molecule has 4 nitrogen and oxygen atoms in total. The summed E-state index contributed by atoms with van der Waals surface area (Å²) in [5, 5.41) is 0. The van der Waals surface area contributed by atoms with E-state index in [1.54, 1.807) is 0 Å². The molecule has 2 N–H and O–H groups in total. The quantitative estimate of drug-likeness (QED) is 0.907. The maximum absolute atomic E-state index is 5.93. The highest BCUT2D eigenvalue weighted by Gasteiger charge is 2.15. The minimum absolute atomic E-state index is 0.402. The molecular weight excluding hydrogens is 274 g/mol. The van der Waals surface area contributed by atoms with E-state index in [0.717, 1.165) is 44.8 Å². The molecule has 2 heterocycles. The van der Waals surface area contributed by atoms with Gasteiger partial charge >= 0.3 is 0 Å². The van der Waals surface area contributed by atoms with Gasteiger partial charge in [0.1, 0.15) is 12.4 Å². The van der Waals surface area contributed by atoms with Gasteiger partial charge < -0.3 is 15.4 Å². The van der Waals surface area contributed by atoms with Crippen molar-refractivity contribution in [3.05, 3.63) is 24.3 Å². The number of nitrogens with zero attached hydrogens (tertiary/aromatic N) is 2. The van der Waals surface area contributed by atoms with E-state index in [1.807, 2.05) is 0 Å². The summed E-state index contributed by atoms with van der Waals surface area (Å²) in [5.41, 5.74) is 7.26. The summed E-state index contributed by atoms with van der Waals surface area (Å²) in [6, 6.07) is 9.01. The van der Waals surface area contributed by atoms with Crippen LogP contribution < -0.4 is 15.4 Å². The molecule has 2 aliphatic heterocycles. The van der Waals surface area contributed by atoms with Gasteiger partial charge in [0.25, 0.3) is 0 Å². The van der Waals surface area contributed by atoms with Crippen molar-refractivity contribution in [3.63, 3.8) is 0 Å². The SMILES string of the molecule is NC1CCN(CCOc2ccc(N3CCCCC3)cc2)CC1. The molecule has 0 unspecified atom stereocenters. The van der Waals surface area contributed by atoms with E-state index in [2.05, 4.69) is 34.1 Å². The van der Waals surface area contributed by atoms with E-state index in [0.29, 0.717) is 6.04 Å². The zero-order chi connectivity index (χ0) is 15.2. The van der Waals surface area contributed by atoms with E-state index in [-0.39, 0.29) is 0 Å². The van der Waals surface area contributed by atoms with Gasteiger partial charge in [0.2, 0.25) is 0 Å². The van der Waals surface area contributed by atoms with Crippen molar-refractivity contribution in [1.29, 1.82) is 0 Å². The molecule has 1 aromatic rings. The van der Waals surface area contributed by atoms with Gasteiger partial charge in [-0.2, -0.15) is 0 Å². The Balaban J connectivity index is 1.41. The van der Waals surface area contributed by atoms with E-state index in [1.165, 1.54) is 38.0 Å². The van der Waals surface area contributed by atoms with Crippen molar-refractivity contribution < 1.29 is 4.74 Å². The van der Waals surface area contributed by atoms with Crippen LogP contribution in [0.15, 0.2) is 24.3 Å². The maximum Gasteiger partial charge on any atom is 0.119 e. The maximum atomic E-state index is 5.93. The van der Waals surface area contributed by atoms with Crippen LogP contribution in [0.5, 0.6) is 5.75 Å². The standard InChI is InChI=1S/C18H29N3O/c19-16-8-12-20(13-9-16)14-15-22-18-6-4-17(5-7-18)21-10-2-1-3-11-21/h4-7,16H,1-3,8-15,19H2. The van der Waals surface area contributed by atoms with Gasteiger partial charge in [-0.15, -0.1) is 0 Å². The lowest BCUT2D eigenvalue weighted by Crippen LogP contribution is -2.41. The van der Waals surface area contributed by atoms with Crippen LogP contribution in [-0.2, 0) is 0 Å². The minimum atomic E-state index is 0.402. The highest BCUT2D eigenvalue weighted by Crippen LogP contribution is 2.22. The highest BCUT2D eigenvalue weighted by atomic mass is 16.5. The van der Waals surface area contributed by atoms with Crippen LogP contribution in [0.4, 0.5) is 5.69 Å². The minimum Gasteiger partial charge on any atom is -0.492 e. The second kappa shape index (κ2) is 7.84. The lowest BCUT2D eigenvalue weighted by molar-refractivity contribution is 0.174. The number of hydrogen-bond acceptors (Lipinski definition) is 4. The molecule has 122 valence electrons.